The van der Waals surface area contributed by atoms with E-state index in [0.29, 0.717) is 11.6 Å². The molecule has 1 aliphatic heterocycles. The number of aromatic nitrogens is 1. The minimum Gasteiger partial charge on any atom is -0.358 e. The van der Waals surface area contributed by atoms with Crippen LogP contribution in [-0.4, -0.2) is 35.3 Å². The largest absolute Gasteiger partial charge is 0.358 e. The number of fused-ring (bicyclic) bond motifs is 1. The van der Waals surface area contributed by atoms with Crippen molar-refractivity contribution >= 4 is 16.7 Å². The molecule has 1 unspecified atom stereocenters. The van der Waals surface area contributed by atoms with Crippen LogP contribution in [0.1, 0.15) is 34.5 Å². The Morgan fingerprint density at radius 3 is 2.85 bits per heavy atom. The van der Waals surface area contributed by atoms with Crippen LogP contribution in [0.2, 0.25) is 0 Å². The van der Waals surface area contributed by atoms with Crippen LogP contribution in [0.5, 0.6) is 0 Å². The number of aromatic amines is 1. The van der Waals surface area contributed by atoms with Gasteiger partial charge in [0.15, 0.2) is 5.78 Å². The smallest absolute Gasteiger partial charge is 0.168 e. The maximum atomic E-state index is 13.5. The van der Waals surface area contributed by atoms with Crippen molar-refractivity contribution in [2.24, 2.45) is 0 Å². The molecule has 0 aliphatic carbocycles. The van der Waals surface area contributed by atoms with Gasteiger partial charge in [-0.3, -0.25) is 4.79 Å². The van der Waals surface area contributed by atoms with Gasteiger partial charge < -0.3 is 9.88 Å². The third-order valence-corrected chi connectivity index (χ3v) is 5.50. The van der Waals surface area contributed by atoms with Crippen molar-refractivity contribution in [3.05, 3.63) is 71.2 Å². The first-order valence-electron chi connectivity index (χ1n) is 9.19. The van der Waals surface area contributed by atoms with E-state index in [1.807, 2.05) is 18.2 Å². The fourth-order valence-corrected chi connectivity index (χ4v) is 4.04. The topological polar surface area (TPSA) is 36.1 Å². The number of ketones is 1. The van der Waals surface area contributed by atoms with Gasteiger partial charge in [0.25, 0.3) is 0 Å². The van der Waals surface area contributed by atoms with Crippen molar-refractivity contribution in [1.29, 1.82) is 0 Å². The van der Waals surface area contributed by atoms with Gasteiger partial charge in [0, 0.05) is 28.2 Å². The van der Waals surface area contributed by atoms with E-state index in [-0.39, 0.29) is 18.0 Å². The molecule has 26 heavy (non-hydrogen) atoms. The number of hydrogen-bond donors (Lipinski definition) is 1. The molecule has 1 atom stereocenters. The van der Waals surface area contributed by atoms with E-state index in [4.69, 9.17) is 0 Å². The zero-order valence-corrected chi connectivity index (χ0v) is 15.0. The van der Waals surface area contributed by atoms with Crippen molar-refractivity contribution < 1.29 is 9.18 Å². The van der Waals surface area contributed by atoms with Crippen molar-refractivity contribution in [1.82, 2.24) is 9.88 Å². The van der Waals surface area contributed by atoms with Crippen molar-refractivity contribution in [2.45, 2.75) is 31.7 Å². The van der Waals surface area contributed by atoms with Gasteiger partial charge >= 0.3 is 0 Å². The molecule has 1 aromatic heterocycles. The second-order valence-electron chi connectivity index (χ2n) is 7.22. The maximum absolute atomic E-state index is 13.5. The second kappa shape index (κ2) is 7.04. The summed E-state index contributed by atoms with van der Waals surface area (Å²) in [5.74, 6) is -0.433. The minimum absolute atomic E-state index is 0.0583. The van der Waals surface area contributed by atoms with E-state index >= 15 is 0 Å². The number of nitrogens with zero attached hydrogens (tertiary/aromatic N) is 1. The number of Topliss-reactive ketones (excluding diaryl/α,β-unsaturated/α-hetero) is 1. The number of halogens is 1. The van der Waals surface area contributed by atoms with Crippen LogP contribution >= 0.6 is 0 Å². The van der Waals surface area contributed by atoms with Gasteiger partial charge in [-0.05, 0) is 56.6 Å². The van der Waals surface area contributed by atoms with E-state index in [2.05, 4.69) is 23.0 Å². The first-order valence-corrected chi connectivity index (χ1v) is 9.19. The number of carbonyl (C=O) groups excluding carboxylic acids is 1. The van der Waals surface area contributed by atoms with E-state index in [0.717, 1.165) is 24.2 Å². The van der Waals surface area contributed by atoms with Gasteiger partial charge in [0.05, 0.1) is 6.42 Å². The molecule has 1 saturated heterocycles. The molecule has 1 fully saturated rings. The van der Waals surface area contributed by atoms with Gasteiger partial charge in [0.1, 0.15) is 5.82 Å². The Morgan fingerprint density at radius 1 is 1.23 bits per heavy atom. The zero-order chi connectivity index (χ0) is 18.1. The normalized spacial score (nSPS) is 17.8. The predicted octanol–water partition coefficient (Wildman–Crippen LogP) is 4.37. The number of benzene rings is 2. The summed E-state index contributed by atoms with van der Waals surface area (Å²) in [6, 6.07) is 14.7. The molecule has 2 heterocycles. The molecule has 3 aromatic rings. The summed E-state index contributed by atoms with van der Waals surface area (Å²) in [5.41, 5.74) is 3.67. The summed E-state index contributed by atoms with van der Waals surface area (Å²) in [6.07, 6.45) is 3.62. The standard InChI is InChI=1S/C22H23FN2O/c1-25-11-5-8-17(25)13-19-18-9-2-3-10-20(18)24-21(19)14-22(26)15-6-4-7-16(23)12-15/h2-4,6-7,9-10,12,17,24H,5,8,11,13-14H2,1H3. The van der Waals surface area contributed by atoms with Crippen LogP contribution in [-0.2, 0) is 12.8 Å². The lowest BCUT2D eigenvalue weighted by Crippen LogP contribution is -2.27. The third kappa shape index (κ3) is 3.29. The lowest BCUT2D eigenvalue weighted by molar-refractivity contribution is 0.0991. The van der Waals surface area contributed by atoms with Crippen molar-refractivity contribution in [3.63, 3.8) is 0 Å². The van der Waals surface area contributed by atoms with Gasteiger partial charge in [-0.1, -0.05) is 30.3 Å². The molecule has 2 aromatic carbocycles. The van der Waals surface area contributed by atoms with Crippen LogP contribution in [0.15, 0.2) is 48.5 Å². The van der Waals surface area contributed by atoms with Crippen LogP contribution in [0.25, 0.3) is 10.9 Å². The molecular formula is C22H23FN2O. The van der Waals surface area contributed by atoms with Crippen molar-refractivity contribution in [3.8, 4) is 0 Å². The summed E-state index contributed by atoms with van der Waals surface area (Å²) in [6.45, 7) is 1.13. The Bertz CT molecular complexity index is 946. The molecule has 134 valence electrons. The van der Waals surface area contributed by atoms with E-state index in [1.165, 1.54) is 35.9 Å². The lowest BCUT2D eigenvalue weighted by atomic mass is 9.97. The number of likely N-dealkylation sites (tertiary alicyclic amines) is 1. The van der Waals surface area contributed by atoms with Crippen LogP contribution in [0.4, 0.5) is 4.39 Å². The molecule has 0 radical (unpaired) electrons. The van der Waals surface area contributed by atoms with Gasteiger partial charge in [-0.25, -0.2) is 4.39 Å². The Labute approximate surface area is 152 Å². The Kier molecular flexibility index (Phi) is 4.60. The average Bonchev–Trinajstić information content (AvgIpc) is 3.19. The lowest BCUT2D eigenvalue weighted by Gasteiger charge is -2.19. The maximum Gasteiger partial charge on any atom is 0.168 e. The molecule has 0 spiro atoms. The number of hydrogen-bond acceptors (Lipinski definition) is 2. The second-order valence-corrected chi connectivity index (χ2v) is 7.22. The molecule has 3 nitrogen and oxygen atoms in total. The van der Waals surface area contributed by atoms with Gasteiger partial charge in [0.2, 0.25) is 0 Å². The number of carbonyl (C=O) groups is 1. The van der Waals surface area contributed by atoms with E-state index in [1.54, 1.807) is 12.1 Å². The van der Waals surface area contributed by atoms with Gasteiger partial charge in [-0.2, -0.15) is 0 Å². The Balaban J connectivity index is 1.67. The summed E-state index contributed by atoms with van der Waals surface area (Å²) in [5, 5.41) is 1.19. The quantitative estimate of drug-likeness (QED) is 0.694. The van der Waals surface area contributed by atoms with Gasteiger partial charge in [-0.15, -0.1) is 0 Å². The molecular weight excluding hydrogens is 327 g/mol. The van der Waals surface area contributed by atoms with E-state index in [9.17, 15) is 9.18 Å². The number of nitrogens with one attached hydrogen (secondary N) is 1. The van der Waals surface area contributed by atoms with Crippen LogP contribution in [0, 0.1) is 5.82 Å². The summed E-state index contributed by atoms with van der Waals surface area (Å²) >= 11 is 0. The fraction of sp³-hybridized carbons (Fsp3) is 0.318. The van der Waals surface area contributed by atoms with Crippen LogP contribution in [0.3, 0.4) is 0 Å². The molecule has 0 saturated carbocycles. The fourth-order valence-electron chi connectivity index (χ4n) is 4.04. The highest BCUT2D eigenvalue weighted by Crippen LogP contribution is 2.28. The Morgan fingerprint density at radius 2 is 2.08 bits per heavy atom. The molecule has 4 rings (SSSR count). The number of likely N-dealkylation sites (N-methyl/N-ethyl adjacent to an activating group) is 1. The number of H-pyrrole nitrogens is 1. The minimum atomic E-state index is -0.375. The summed E-state index contributed by atoms with van der Waals surface area (Å²) in [7, 11) is 2.17. The SMILES string of the molecule is CN1CCCC1Cc1c(CC(=O)c2cccc(F)c2)[nH]c2ccccc12. The highest BCUT2D eigenvalue weighted by molar-refractivity contribution is 5.98. The summed E-state index contributed by atoms with van der Waals surface area (Å²) in [4.78, 5) is 18.5. The first-order chi connectivity index (χ1) is 12.6. The van der Waals surface area contributed by atoms with Crippen molar-refractivity contribution in [2.75, 3.05) is 13.6 Å². The molecule has 0 bridgehead atoms. The Hall–Kier alpha value is -2.46. The molecule has 0 amide bonds. The highest BCUT2D eigenvalue weighted by Gasteiger charge is 2.24. The van der Waals surface area contributed by atoms with E-state index < -0.39 is 0 Å². The highest BCUT2D eigenvalue weighted by atomic mass is 19.1. The zero-order valence-electron chi connectivity index (χ0n) is 15.0. The number of rotatable bonds is 5. The molecule has 4 heteroatoms. The predicted molar refractivity (Wildman–Crippen MR) is 102 cm³/mol. The first kappa shape index (κ1) is 17.0. The molecule has 1 aliphatic rings. The molecule has 1 N–H and O–H groups in total. The van der Waals surface area contributed by atoms with Crippen LogP contribution < -0.4 is 0 Å². The third-order valence-electron chi connectivity index (χ3n) is 5.50. The summed E-state index contributed by atoms with van der Waals surface area (Å²) < 4.78 is 13.5. The average molecular weight is 350 g/mol. The monoisotopic (exact) mass is 350 g/mol. The number of para-hydroxylation sites is 1.